The molecule has 2 aromatic carbocycles. The van der Waals surface area contributed by atoms with Gasteiger partial charge in [-0.15, -0.1) is 0 Å². The first-order valence-corrected chi connectivity index (χ1v) is 9.36. The van der Waals surface area contributed by atoms with Crippen molar-refractivity contribution in [3.63, 3.8) is 0 Å². The number of phenols is 1. The van der Waals surface area contributed by atoms with Crippen LogP contribution in [-0.4, -0.2) is 26.7 Å². The Labute approximate surface area is 177 Å². The molecule has 5 N–H and O–H groups in total. The predicted molar refractivity (Wildman–Crippen MR) is 113 cm³/mol. The van der Waals surface area contributed by atoms with Gasteiger partial charge in [0.05, 0.1) is 12.5 Å². The number of nitrogens with one attached hydrogen (secondary N) is 1. The molecule has 0 aliphatic heterocycles. The summed E-state index contributed by atoms with van der Waals surface area (Å²) in [5.74, 6) is -1.08. The van der Waals surface area contributed by atoms with E-state index in [2.05, 4.69) is 0 Å². The number of carbonyl (C=O) groups excluding carboxylic acids is 2. The van der Waals surface area contributed by atoms with E-state index in [1.165, 1.54) is 12.5 Å². The first-order valence-electron chi connectivity index (χ1n) is 9.36. The minimum absolute atomic E-state index is 0.129. The van der Waals surface area contributed by atoms with Gasteiger partial charge in [-0.2, -0.15) is 0 Å². The van der Waals surface area contributed by atoms with Crippen LogP contribution < -0.4 is 11.2 Å². The molecule has 8 heteroatoms. The fraction of sp³-hybridized carbons (Fsp3) is 0.0435. The Morgan fingerprint density at radius 2 is 1.71 bits per heavy atom. The molecule has 31 heavy (non-hydrogen) atoms. The summed E-state index contributed by atoms with van der Waals surface area (Å²) < 4.78 is 6.98. The van der Waals surface area contributed by atoms with Gasteiger partial charge >= 0.3 is 0 Å². The number of hydroxylamine groups is 1. The number of benzene rings is 2. The van der Waals surface area contributed by atoms with E-state index in [-0.39, 0.29) is 5.75 Å². The molecule has 2 aromatic heterocycles. The van der Waals surface area contributed by atoms with E-state index in [4.69, 9.17) is 15.4 Å². The standard InChI is InChI=1S/C23H19N3O5/c24-22(28)21-19(17-9-10-31-13-17)11-20(15-5-7-18(27)8-6-15)26(21)12-14-1-3-16(4-2-14)23(29)25-30/h1-11,13,27,30H,12H2,(H2,24,28)(H,25,29). The average Bonchev–Trinajstić information content (AvgIpc) is 3.42. The summed E-state index contributed by atoms with van der Waals surface area (Å²) in [6.07, 6.45) is 3.05. The molecule has 8 nitrogen and oxygen atoms in total. The van der Waals surface area contributed by atoms with Crippen molar-refractivity contribution in [1.82, 2.24) is 10.0 Å². The summed E-state index contributed by atoms with van der Waals surface area (Å²) >= 11 is 0. The minimum Gasteiger partial charge on any atom is -0.508 e. The molecule has 2 heterocycles. The zero-order chi connectivity index (χ0) is 22.0. The van der Waals surface area contributed by atoms with Gasteiger partial charge in [0.15, 0.2) is 0 Å². The second kappa shape index (κ2) is 8.21. The zero-order valence-electron chi connectivity index (χ0n) is 16.3. The smallest absolute Gasteiger partial charge is 0.274 e. The van der Waals surface area contributed by atoms with E-state index < -0.39 is 11.8 Å². The molecule has 156 valence electrons. The number of primary amides is 1. The van der Waals surface area contributed by atoms with Crippen LogP contribution in [0.4, 0.5) is 0 Å². The number of amides is 2. The van der Waals surface area contributed by atoms with Crippen LogP contribution >= 0.6 is 0 Å². The van der Waals surface area contributed by atoms with Crippen molar-refractivity contribution in [3.8, 4) is 28.1 Å². The first-order chi connectivity index (χ1) is 15.0. The lowest BCUT2D eigenvalue weighted by molar-refractivity contribution is 0.0706. The van der Waals surface area contributed by atoms with Crippen LogP contribution in [0.15, 0.2) is 77.6 Å². The van der Waals surface area contributed by atoms with Gasteiger partial charge in [0.2, 0.25) is 0 Å². The molecule has 0 aliphatic rings. The predicted octanol–water partition coefficient (Wildman–Crippen LogP) is 3.39. The quantitative estimate of drug-likeness (QED) is 0.282. The summed E-state index contributed by atoms with van der Waals surface area (Å²) in [4.78, 5) is 24.0. The summed E-state index contributed by atoms with van der Waals surface area (Å²) in [6, 6.07) is 16.8. The second-order valence-electron chi connectivity index (χ2n) is 6.94. The molecule has 0 saturated carbocycles. The van der Waals surface area contributed by atoms with Crippen LogP contribution in [0.3, 0.4) is 0 Å². The molecule has 0 aliphatic carbocycles. The molecule has 0 bridgehead atoms. The monoisotopic (exact) mass is 417 g/mol. The first kappa shape index (κ1) is 20.0. The minimum atomic E-state index is -0.614. The maximum absolute atomic E-state index is 12.5. The summed E-state index contributed by atoms with van der Waals surface area (Å²) in [5, 5.41) is 18.4. The normalized spacial score (nSPS) is 10.7. The summed E-state index contributed by atoms with van der Waals surface area (Å²) in [6.45, 7) is 0.299. The topological polar surface area (TPSA) is 131 Å². The molecule has 0 unspecified atom stereocenters. The largest absolute Gasteiger partial charge is 0.508 e. The molecule has 0 radical (unpaired) electrons. The Kier molecular flexibility index (Phi) is 5.30. The van der Waals surface area contributed by atoms with E-state index in [0.29, 0.717) is 28.9 Å². The Bertz CT molecular complexity index is 1220. The van der Waals surface area contributed by atoms with Crippen LogP contribution in [-0.2, 0) is 6.54 Å². The molecule has 2 amide bonds. The van der Waals surface area contributed by atoms with Crippen molar-refractivity contribution in [1.29, 1.82) is 0 Å². The van der Waals surface area contributed by atoms with E-state index in [1.807, 2.05) is 6.07 Å². The zero-order valence-corrected chi connectivity index (χ0v) is 16.3. The highest BCUT2D eigenvalue weighted by Crippen LogP contribution is 2.34. The number of phenolic OH excluding ortho intramolecular Hbond substituents is 1. The molecule has 0 saturated heterocycles. The molecular formula is C23H19N3O5. The Balaban J connectivity index is 1.85. The van der Waals surface area contributed by atoms with E-state index in [1.54, 1.807) is 64.6 Å². The molecular weight excluding hydrogens is 398 g/mol. The van der Waals surface area contributed by atoms with Crippen LogP contribution in [0.25, 0.3) is 22.4 Å². The van der Waals surface area contributed by atoms with Gasteiger partial charge in [-0.3, -0.25) is 14.8 Å². The summed E-state index contributed by atoms with van der Waals surface area (Å²) in [5.41, 5.74) is 11.6. The molecule has 0 atom stereocenters. The van der Waals surface area contributed by atoms with Crippen molar-refractivity contribution in [2.45, 2.75) is 6.54 Å². The van der Waals surface area contributed by atoms with E-state index in [0.717, 1.165) is 16.8 Å². The fourth-order valence-corrected chi connectivity index (χ4v) is 3.50. The average molecular weight is 417 g/mol. The molecule has 0 spiro atoms. The lowest BCUT2D eigenvalue weighted by Crippen LogP contribution is -2.19. The third-order valence-electron chi connectivity index (χ3n) is 4.98. The van der Waals surface area contributed by atoms with Crippen molar-refractivity contribution in [2.75, 3.05) is 0 Å². The van der Waals surface area contributed by atoms with Gasteiger partial charge in [0, 0.05) is 28.9 Å². The number of hydrogen-bond donors (Lipinski definition) is 4. The summed E-state index contributed by atoms with van der Waals surface area (Å²) in [7, 11) is 0. The third kappa shape index (κ3) is 3.92. The maximum Gasteiger partial charge on any atom is 0.274 e. The number of carbonyl (C=O) groups is 2. The Morgan fingerprint density at radius 3 is 2.29 bits per heavy atom. The van der Waals surface area contributed by atoms with Crippen molar-refractivity contribution < 1.29 is 24.3 Å². The Hall–Kier alpha value is -4.30. The van der Waals surface area contributed by atoms with Crippen molar-refractivity contribution in [2.24, 2.45) is 5.73 Å². The van der Waals surface area contributed by atoms with Gasteiger partial charge in [-0.1, -0.05) is 12.1 Å². The third-order valence-corrected chi connectivity index (χ3v) is 4.98. The Morgan fingerprint density at radius 1 is 1.00 bits per heavy atom. The van der Waals surface area contributed by atoms with Gasteiger partial charge < -0.3 is 19.8 Å². The van der Waals surface area contributed by atoms with Crippen molar-refractivity contribution in [3.05, 3.63) is 90.0 Å². The van der Waals surface area contributed by atoms with Crippen LogP contribution in [0.2, 0.25) is 0 Å². The number of aromatic hydroxyl groups is 1. The van der Waals surface area contributed by atoms with Gasteiger partial charge in [0.25, 0.3) is 11.8 Å². The van der Waals surface area contributed by atoms with Crippen LogP contribution in [0, 0.1) is 0 Å². The number of hydrogen-bond acceptors (Lipinski definition) is 5. The maximum atomic E-state index is 12.5. The molecule has 4 rings (SSSR count). The number of aromatic nitrogens is 1. The van der Waals surface area contributed by atoms with Crippen LogP contribution in [0.1, 0.15) is 26.4 Å². The van der Waals surface area contributed by atoms with Crippen LogP contribution in [0.5, 0.6) is 5.75 Å². The lowest BCUT2D eigenvalue weighted by Gasteiger charge is -2.13. The number of nitrogens with zero attached hydrogens (tertiary/aromatic N) is 1. The molecule has 0 fully saturated rings. The van der Waals surface area contributed by atoms with Gasteiger partial charge in [-0.25, -0.2) is 5.48 Å². The highest BCUT2D eigenvalue weighted by Gasteiger charge is 2.22. The van der Waals surface area contributed by atoms with Gasteiger partial charge in [-0.05, 0) is 59.7 Å². The molecule has 4 aromatic rings. The number of rotatable bonds is 6. The highest BCUT2D eigenvalue weighted by molar-refractivity contribution is 6.00. The highest BCUT2D eigenvalue weighted by atomic mass is 16.5. The van der Waals surface area contributed by atoms with Crippen molar-refractivity contribution >= 4 is 11.8 Å². The fourth-order valence-electron chi connectivity index (χ4n) is 3.50. The number of nitrogens with two attached hydrogens (primary N) is 1. The SMILES string of the molecule is NC(=O)c1c(-c2ccoc2)cc(-c2ccc(O)cc2)n1Cc1ccc(C(=O)NO)cc1. The number of furan rings is 1. The van der Waals surface area contributed by atoms with Gasteiger partial charge in [0.1, 0.15) is 11.4 Å². The van der Waals surface area contributed by atoms with E-state index >= 15 is 0 Å². The lowest BCUT2D eigenvalue weighted by atomic mass is 10.1. The van der Waals surface area contributed by atoms with E-state index in [9.17, 15) is 14.7 Å². The second-order valence-corrected chi connectivity index (χ2v) is 6.94.